The number of hydrogen-bond acceptors (Lipinski definition) is 4. The molecule has 3 heterocycles. The number of rotatable bonds is 3. The van der Waals surface area contributed by atoms with Gasteiger partial charge in [0.1, 0.15) is 0 Å². The summed E-state index contributed by atoms with van der Waals surface area (Å²) < 4.78 is 51.7. The molecule has 1 fully saturated rings. The predicted octanol–water partition coefficient (Wildman–Crippen LogP) is 3.07. The Labute approximate surface area is 183 Å². The second-order valence-corrected chi connectivity index (χ2v) is 8.52. The standard InChI is InChI=1S/C22H25F3N4O3/c1-11-16(12(2)27(5)26-11)8-29-19-7-15(6-18(23)20(19)32-13(3)21(29)31)17-9-28(14(4)30)10-22(17,24)25/h6-7,13,17H,8-10H2,1-5H3/t13-,17?/m1/s1. The van der Waals surface area contributed by atoms with Gasteiger partial charge >= 0.3 is 0 Å². The molecule has 32 heavy (non-hydrogen) atoms. The van der Waals surface area contributed by atoms with Crippen LogP contribution >= 0.6 is 0 Å². The van der Waals surface area contributed by atoms with Crippen molar-refractivity contribution in [2.75, 3.05) is 18.0 Å². The number of aromatic nitrogens is 2. The monoisotopic (exact) mass is 450 g/mol. The van der Waals surface area contributed by atoms with Gasteiger partial charge in [0.05, 0.1) is 30.4 Å². The van der Waals surface area contributed by atoms with Crippen molar-refractivity contribution >= 4 is 17.5 Å². The average molecular weight is 450 g/mol. The molecule has 2 amide bonds. The summed E-state index contributed by atoms with van der Waals surface area (Å²) in [6, 6.07) is 2.40. The molecule has 2 aliphatic heterocycles. The molecule has 1 aromatic carbocycles. The maximum atomic E-state index is 15.1. The van der Waals surface area contributed by atoms with Crippen molar-refractivity contribution < 1.29 is 27.5 Å². The lowest BCUT2D eigenvalue weighted by Gasteiger charge is -2.34. The van der Waals surface area contributed by atoms with Gasteiger partial charge in [-0.05, 0) is 38.5 Å². The molecule has 0 spiro atoms. The lowest BCUT2D eigenvalue weighted by atomic mass is 9.93. The van der Waals surface area contributed by atoms with Gasteiger partial charge in [-0.3, -0.25) is 14.3 Å². The molecule has 172 valence electrons. The summed E-state index contributed by atoms with van der Waals surface area (Å²) in [5.41, 5.74) is 2.47. The van der Waals surface area contributed by atoms with Crippen LogP contribution < -0.4 is 9.64 Å². The average Bonchev–Trinajstić information content (AvgIpc) is 3.15. The van der Waals surface area contributed by atoms with Crippen LogP contribution in [0.15, 0.2) is 12.1 Å². The van der Waals surface area contributed by atoms with Crippen molar-refractivity contribution in [3.8, 4) is 5.75 Å². The fourth-order valence-electron chi connectivity index (χ4n) is 4.42. The Morgan fingerprint density at radius 1 is 1.31 bits per heavy atom. The smallest absolute Gasteiger partial charge is 0.273 e. The minimum Gasteiger partial charge on any atom is -0.476 e. The van der Waals surface area contributed by atoms with Crippen LogP contribution in [0.1, 0.15) is 42.3 Å². The maximum Gasteiger partial charge on any atom is 0.273 e. The summed E-state index contributed by atoms with van der Waals surface area (Å²) in [4.78, 5) is 27.0. The molecule has 0 bridgehead atoms. The summed E-state index contributed by atoms with van der Waals surface area (Å²) in [6.45, 7) is 5.56. The fraction of sp³-hybridized carbons (Fsp3) is 0.500. The summed E-state index contributed by atoms with van der Waals surface area (Å²) in [5.74, 6) is -6.45. The Balaban J connectivity index is 1.79. The van der Waals surface area contributed by atoms with Crippen LogP contribution in [0.25, 0.3) is 0 Å². The first kappa shape index (κ1) is 22.2. The van der Waals surface area contributed by atoms with Crippen LogP contribution in [0.2, 0.25) is 0 Å². The first-order valence-corrected chi connectivity index (χ1v) is 10.3. The SMILES string of the molecule is CC(=O)N1CC(c2cc(F)c3c(c2)N(Cc2c(C)nn(C)c2C)C(=O)[C@@H](C)O3)C(F)(F)C1. The minimum atomic E-state index is -3.22. The highest BCUT2D eigenvalue weighted by Gasteiger charge is 2.50. The number of fused-ring (bicyclic) bond motifs is 1. The van der Waals surface area contributed by atoms with E-state index >= 15 is 4.39 Å². The molecule has 10 heteroatoms. The van der Waals surface area contributed by atoms with Crippen LogP contribution in [0.3, 0.4) is 0 Å². The van der Waals surface area contributed by atoms with Crippen molar-refractivity contribution in [2.45, 2.75) is 52.2 Å². The van der Waals surface area contributed by atoms with E-state index in [4.69, 9.17) is 4.74 Å². The molecule has 2 aromatic rings. The molecule has 0 radical (unpaired) electrons. The highest BCUT2D eigenvalue weighted by Crippen LogP contribution is 2.45. The highest BCUT2D eigenvalue weighted by atomic mass is 19.3. The van der Waals surface area contributed by atoms with E-state index in [1.807, 2.05) is 13.8 Å². The van der Waals surface area contributed by atoms with Crippen LogP contribution in [-0.4, -0.2) is 51.6 Å². The number of aryl methyl sites for hydroxylation is 2. The van der Waals surface area contributed by atoms with Crippen molar-refractivity contribution in [1.29, 1.82) is 0 Å². The molecule has 2 atom stereocenters. The molecule has 7 nitrogen and oxygen atoms in total. The van der Waals surface area contributed by atoms with Gasteiger partial charge in [0.15, 0.2) is 17.7 Å². The molecular weight excluding hydrogens is 425 g/mol. The van der Waals surface area contributed by atoms with Crippen molar-refractivity contribution in [2.24, 2.45) is 7.05 Å². The van der Waals surface area contributed by atoms with E-state index in [0.717, 1.165) is 27.9 Å². The zero-order chi connectivity index (χ0) is 23.5. The second kappa shape index (κ2) is 7.53. The van der Waals surface area contributed by atoms with E-state index in [9.17, 15) is 18.4 Å². The molecule has 1 aromatic heterocycles. The molecule has 0 saturated carbocycles. The van der Waals surface area contributed by atoms with Crippen molar-refractivity contribution in [3.05, 3.63) is 40.5 Å². The molecule has 1 saturated heterocycles. The number of alkyl halides is 2. The molecule has 1 unspecified atom stereocenters. The number of anilines is 1. The Morgan fingerprint density at radius 2 is 2.00 bits per heavy atom. The zero-order valence-corrected chi connectivity index (χ0v) is 18.6. The van der Waals surface area contributed by atoms with Crippen LogP contribution in [0.4, 0.5) is 18.9 Å². The number of hydrogen-bond donors (Lipinski definition) is 0. The maximum absolute atomic E-state index is 15.1. The summed E-state index contributed by atoms with van der Waals surface area (Å²) in [7, 11) is 1.78. The largest absolute Gasteiger partial charge is 0.476 e. The van der Waals surface area contributed by atoms with Gasteiger partial charge in [0.2, 0.25) is 5.91 Å². The van der Waals surface area contributed by atoms with E-state index in [0.29, 0.717) is 0 Å². The number of ether oxygens (including phenoxy) is 1. The van der Waals surface area contributed by atoms with E-state index in [2.05, 4.69) is 5.10 Å². The Hall–Kier alpha value is -3.04. The number of likely N-dealkylation sites (tertiary alicyclic amines) is 1. The fourth-order valence-corrected chi connectivity index (χ4v) is 4.42. The van der Waals surface area contributed by atoms with Gasteiger partial charge in [-0.1, -0.05) is 0 Å². The van der Waals surface area contributed by atoms with Crippen LogP contribution in [-0.2, 0) is 23.2 Å². The molecular formula is C22H25F3N4O3. The normalized spacial score (nSPS) is 22.2. The number of carbonyl (C=O) groups excluding carboxylic acids is 2. The minimum absolute atomic E-state index is 0.0191. The zero-order valence-electron chi connectivity index (χ0n) is 18.6. The van der Waals surface area contributed by atoms with Crippen molar-refractivity contribution in [3.63, 3.8) is 0 Å². The Morgan fingerprint density at radius 3 is 2.56 bits per heavy atom. The van der Waals surface area contributed by atoms with Crippen molar-refractivity contribution in [1.82, 2.24) is 14.7 Å². The molecule has 2 aliphatic rings. The third-order valence-electron chi connectivity index (χ3n) is 6.38. The second-order valence-electron chi connectivity index (χ2n) is 8.52. The summed E-state index contributed by atoms with van der Waals surface area (Å²) in [5, 5.41) is 4.35. The van der Waals surface area contributed by atoms with Gasteiger partial charge in [-0.2, -0.15) is 5.10 Å². The summed E-state index contributed by atoms with van der Waals surface area (Å²) >= 11 is 0. The quantitative estimate of drug-likeness (QED) is 0.721. The topological polar surface area (TPSA) is 67.7 Å². The molecule has 4 rings (SSSR count). The van der Waals surface area contributed by atoms with Gasteiger partial charge < -0.3 is 14.5 Å². The molecule has 0 aliphatic carbocycles. The van der Waals surface area contributed by atoms with E-state index in [1.165, 1.54) is 24.8 Å². The van der Waals surface area contributed by atoms with Gasteiger partial charge in [0.25, 0.3) is 11.8 Å². The summed E-state index contributed by atoms with van der Waals surface area (Å²) in [6.07, 6.45) is -0.929. The predicted molar refractivity (Wildman–Crippen MR) is 110 cm³/mol. The number of benzene rings is 1. The Bertz CT molecular complexity index is 1110. The number of amides is 2. The lowest BCUT2D eigenvalue weighted by Crippen LogP contribution is -2.44. The number of halogens is 3. The Kier molecular flexibility index (Phi) is 5.21. The van der Waals surface area contributed by atoms with Crippen LogP contribution in [0.5, 0.6) is 5.75 Å². The van der Waals surface area contributed by atoms with Gasteiger partial charge in [0, 0.05) is 31.8 Å². The number of nitrogens with zero attached hydrogens (tertiary/aromatic N) is 4. The van der Waals surface area contributed by atoms with Gasteiger partial charge in [-0.15, -0.1) is 0 Å². The van der Waals surface area contributed by atoms with E-state index in [1.54, 1.807) is 11.7 Å². The first-order chi connectivity index (χ1) is 14.9. The van der Waals surface area contributed by atoms with E-state index in [-0.39, 0.29) is 30.1 Å². The number of carbonyl (C=O) groups is 2. The first-order valence-electron chi connectivity index (χ1n) is 10.3. The third kappa shape index (κ3) is 3.51. The van der Waals surface area contributed by atoms with Crippen LogP contribution in [0, 0.1) is 19.7 Å². The van der Waals surface area contributed by atoms with E-state index < -0.39 is 42.1 Å². The third-order valence-corrected chi connectivity index (χ3v) is 6.38. The lowest BCUT2D eigenvalue weighted by molar-refractivity contribution is -0.129. The highest BCUT2D eigenvalue weighted by molar-refractivity contribution is 6.00. The van der Waals surface area contributed by atoms with Gasteiger partial charge in [-0.25, -0.2) is 13.2 Å². The molecule has 0 N–H and O–H groups in total.